The van der Waals surface area contributed by atoms with Crippen molar-refractivity contribution in [1.82, 2.24) is 0 Å². The molecule has 0 saturated heterocycles. The SMILES string of the molecule is C[CH2][Zn][O]CC(O)CO.[Cl][Al]([Cl])[Cl]. The van der Waals surface area contributed by atoms with Crippen LogP contribution < -0.4 is 0 Å². The molecule has 0 saturated carbocycles. The third-order valence-corrected chi connectivity index (χ3v) is 2.83. The van der Waals surface area contributed by atoms with E-state index in [0.29, 0.717) is 6.61 Å². The van der Waals surface area contributed by atoms with Gasteiger partial charge in [0, 0.05) is 0 Å². The Morgan fingerprint density at radius 2 is 1.92 bits per heavy atom. The van der Waals surface area contributed by atoms with Crippen LogP contribution in [-0.4, -0.2) is 40.9 Å². The molecule has 0 aromatic rings. The molecule has 0 aliphatic rings. The number of aliphatic hydroxyl groups is 2. The minimum atomic E-state index is -1.72. The molecular weight excluding hydrogens is 307 g/mol. The monoisotopic (exact) mass is 316 g/mol. The van der Waals surface area contributed by atoms with Crippen LogP contribution in [0.5, 0.6) is 0 Å². The van der Waals surface area contributed by atoms with Crippen molar-refractivity contribution in [3.63, 3.8) is 0 Å². The third kappa shape index (κ3) is 24.9. The Hall–Kier alpha value is 1.91. The molecule has 0 aliphatic heterocycles. The molecule has 0 heterocycles. The molecule has 3 nitrogen and oxygen atoms in total. The fourth-order valence-electron chi connectivity index (χ4n) is 0.416. The normalized spacial score (nSPS) is 10.9. The van der Waals surface area contributed by atoms with Gasteiger partial charge in [-0.2, -0.15) is 0 Å². The van der Waals surface area contributed by atoms with Crippen molar-refractivity contribution in [3.05, 3.63) is 0 Å². The first kappa shape index (κ1) is 17.3. The minimum absolute atomic E-state index is 0.189. The van der Waals surface area contributed by atoms with Crippen LogP contribution >= 0.6 is 30.1 Å². The first-order chi connectivity index (χ1) is 6.04. The maximum Gasteiger partial charge on any atom is 0.643 e. The Morgan fingerprint density at radius 1 is 1.46 bits per heavy atom. The van der Waals surface area contributed by atoms with Crippen molar-refractivity contribution in [2.24, 2.45) is 0 Å². The summed E-state index contributed by atoms with van der Waals surface area (Å²) in [6, 6.07) is 0. The molecule has 0 spiro atoms. The number of halogens is 3. The molecule has 0 bridgehead atoms. The molecule has 0 amide bonds. The van der Waals surface area contributed by atoms with E-state index in [0.717, 1.165) is 5.02 Å². The van der Waals surface area contributed by atoms with Gasteiger partial charge in [0.05, 0.1) is 0 Å². The summed E-state index contributed by atoms with van der Waals surface area (Å²) in [5.41, 5.74) is 0. The molecule has 0 fully saturated rings. The van der Waals surface area contributed by atoms with E-state index in [-0.39, 0.29) is 6.61 Å². The average molecular weight is 319 g/mol. The Kier molecular flexibility index (Phi) is 18.5. The second-order valence-electron chi connectivity index (χ2n) is 2.16. The molecular formula is C5H12AlCl3O3Zn. The van der Waals surface area contributed by atoms with Crippen LogP contribution in [-0.2, 0) is 21.1 Å². The molecule has 1 unspecified atom stereocenters. The minimum Gasteiger partial charge on any atom is -0.214 e. The zero-order chi connectivity index (χ0) is 10.7. The number of rotatable bonds is 5. The van der Waals surface area contributed by atoms with Crippen LogP contribution in [0.25, 0.3) is 0 Å². The van der Waals surface area contributed by atoms with Gasteiger partial charge in [0.2, 0.25) is 0 Å². The standard InChI is InChI=1S/C3H7O3.C2H5.Al.3ClH.Zn/c4-1-3(6)2-5;1-2;;;;;/h3-4,6H,1-2H2;1H2,2H3;;3*1H;/q-1;;+3;;;;+1/p-3. The molecule has 0 radical (unpaired) electrons. The van der Waals surface area contributed by atoms with Crippen molar-refractivity contribution in [3.8, 4) is 0 Å². The number of hydrogen-bond donors (Lipinski definition) is 2. The second kappa shape index (κ2) is 13.9. The largest absolute Gasteiger partial charge is 0.643 e. The Balaban J connectivity index is 0. The van der Waals surface area contributed by atoms with Gasteiger partial charge in [-0.1, -0.05) is 0 Å². The van der Waals surface area contributed by atoms with Gasteiger partial charge < -0.3 is 0 Å². The quantitative estimate of drug-likeness (QED) is 0.596. The van der Waals surface area contributed by atoms with Crippen LogP contribution in [0.3, 0.4) is 0 Å². The Morgan fingerprint density at radius 3 is 2.23 bits per heavy atom. The predicted molar refractivity (Wildman–Crippen MR) is 52.8 cm³/mol. The van der Waals surface area contributed by atoms with Gasteiger partial charge in [-0.05, 0) is 0 Å². The summed E-state index contributed by atoms with van der Waals surface area (Å²) in [5.74, 6) is 0. The van der Waals surface area contributed by atoms with Gasteiger partial charge in [-0.25, -0.2) is 30.1 Å². The third-order valence-electron chi connectivity index (χ3n) is 0.869. The Bertz CT molecular complexity index is 98.3. The van der Waals surface area contributed by atoms with Crippen LogP contribution in [0.4, 0.5) is 0 Å². The molecule has 0 aliphatic carbocycles. The maximum absolute atomic E-state index is 8.74. The van der Waals surface area contributed by atoms with Crippen molar-refractivity contribution in [1.29, 1.82) is 0 Å². The van der Waals surface area contributed by atoms with Gasteiger partial charge in [0.15, 0.2) is 0 Å². The fourth-order valence-corrected chi connectivity index (χ4v) is 1.94. The smallest absolute Gasteiger partial charge is 0.214 e. The maximum atomic E-state index is 8.74. The zero-order valence-corrected chi connectivity index (χ0v) is 13.8. The number of aliphatic hydroxyl groups excluding tert-OH is 2. The molecule has 1 atom stereocenters. The van der Waals surface area contributed by atoms with E-state index in [1.165, 1.54) is 0 Å². The van der Waals surface area contributed by atoms with Crippen LogP contribution in [0.2, 0.25) is 5.02 Å². The van der Waals surface area contributed by atoms with Crippen molar-refractivity contribution < 1.29 is 31.3 Å². The summed E-state index contributed by atoms with van der Waals surface area (Å²) in [5, 5.41) is 18.2. The van der Waals surface area contributed by atoms with Gasteiger partial charge in [-0.15, -0.1) is 0 Å². The van der Waals surface area contributed by atoms with Crippen LogP contribution in [0.15, 0.2) is 0 Å². The topological polar surface area (TPSA) is 49.7 Å². The predicted octanol–water partition coefficient (Wildman–Crippen LogP) is 1.48. The summed E-state index contributed by atoms with van der Waals surface area (Å²) < 4.78 is 5.11. The molecule has 76 valence electrons. The first-order valence-electron chi connectivity index (χ1n) is 3.83. The Labute approximate surface area is 103 Å². The van der Waals surface area contributed by atoms with E-state index in [4.69, 9.17) is 43.9 Å². The number of hydrogen-bond acceptors (Lipinski definition) is 3. The second-order valence-corrected chi connectivity index (χ2v) is 12.4. The average Bonchev–Trinajstić information content (AvgIpc) is 2.03. The van der Waals surface area contributed by atoms with E-state index >= 15 is 0 Å². The summed E-state index contributed by atoms with van der Waals surface area (Å²) in [6.07, 6.45) is -0.665. The fraction of sp³-hybridized carbons (Fsp3) is 1.00. The van der Waals surface area contributed by atoms with Crippen LogP contribution in [0, 0.1) is 0 Å². The van der Waals surface area contributed by atoms with E-state index < -0.39 is 35.0 Å². The van der Waals surface area contributed by atoms with Crippen molar-refractivity contribution in [2.45, 2.75) is 18.0 Å². The summed E-state index contributed by atoms with van der Waals surface area (Å²) >= 11 is -2.49. The van der Waals surface area contributed by atoms with Gasteiger partial charge >= 0.3 is 73.9 Å². The molecule has 13 heavy (non-hydrogen) atoms. The van der Waals surface area contributed by atoms with Crippen LogP contribution in [0.1, 0.15) is 6.92 Å². The van der Waals surface area contributed by atoms with E-state index in [9.17, 15) is 0 Å². The summed E-state index contributed by atoms with van der Waals surface area (Å²) in [7, 11) is 14.8. The van der Waals surface area contributed by atoms with E-state index in [1.807, 2.05) is 0 Å². The van der Waals surface area contributed by atoms with Gasteiger partial charge in [0.25, 0.3) is 0 Å². The van der Waals surface area contributed by atoms with E-state index in [1.54, 1.807) is 0 Å². The zero-order valence-electron chi connectivity index (χ0n) is 7.42. The van der Waals surface area contributed by atoms with Crippen molar-refractivity contribution in [2.75, 3.05) is 13.2 Å². The molecule has 0 aromatic carbocycles. The molecule has 0 rings (SSSR count). The summed E-state index contributed by atoms with van der Waals surface area (Å²) in [4.78, 5) is 0. The molecule has 0 aromatic heterocycles. The first-order valence-corrected chi connectivity index (χ1v) is 12.4. The molecule has 8 heteroatoms. The van der Waals surface area contributed by atoms with E-state index in [2.05, 4.69) is 6.92 Å². The summed E-state index contributed by atoms with van der Waals surface area (Å²) in [6.45, 7) is 2.21. The van der Waals surface area contributed by atoms with Crippen molar-refractivity contribution >= 4 is 41.5 Å². The van der Waals surface area contributed by atoms with Gasteiger partial charge in [-0.3, -0.25) is 0 Å². The van der Waals surface area contributed by atoms with Gasteiger partial charge in [0.1, 0.15) is 0 Å². The molecule has 2 N–H and O–H groups in total.